The second kappa shape index (κ2) is 8.49. The first-order chi connectivity index (χ1) is 17.4. The molecule has 9 atom stereocenters. The van der Waals surface area contributed by atoms with Crippen LogP contribution < -0.4 is 0 Å². The Bertz CT molecular complexity index is 1100. The summed E-state index contributed by atoms with van der Waals surface area (Å²) >= 11 is 0. The van der Waals surface area contributed by atoms with Gasteiger partial charge in [-0.25, -0.2) is 0 Å². The van der Waals surface area contributed by atoms with Gasteiger partial charge in [-0.2, -0.15) is 0 Å². The number of Topliss-reactive ketones (excluding diaryl/α,β-unsaturated/α-hetero) is 2. The smallest absolute Gasteiger partial charge is 0.302 e. The minimum Gasteiger partial charge on any atom is -0.460 e. The van der Waals surface area contributed by atoms with Crippen molar-refractivity contribution in [2.75, 3.05) is 0 Å². The van der Waals surface area contributed by atoms with Crippen LogP contribution in [0.25, 0.3) is 0 Å². The number of carbonyl (C=O) groups excluding carboxylic acids is 3. The maximum absolute atomic E-state index is 13.8. The largest absolute Gasteiger partial charge is 0.460 e. The van der Waals surface area contributed by atoms with Gasteiger partial charge in [0, 0.05) is 30.6 Å². The van der Waals surface area contributed by atoms with Crippen molar-refractivity contribution in [3.8, 4) is 0 Å². The van der Waals surface area contributed by atoms with E-state index in [0.29, 0.717) is 31.5 Å². The Labute approximate surface area is 228 Å². The number of allylic oxidation sites excluding steroid dienone is 1. The van der Waals surface area contributed by atoms with Gasteiger partial charge in [0.15, 0.2) is 5.78 Å². The topological polar surface area (TPSA) is 93.2 Å². The second-order valence-corrected chi connectivity index (χ2v) is 15.2. The summed E-state index contributed by atoms with van der Waals surface area (Å²) in [7, 11) is 0. The first-order valence-corrected chi connectivity index (χ1v) is 14.7. The van der Waals surface area contributed by atoms with Crippen molar-refractivity contribution >= 4 is 17.5 Å². The van der Waals surface area contributed by atoms with Crippen molar-refractivity contribution < 1.29 is 29.0 Å². The van der Waals surface area contributed by atoms with Crippen LogP contribution in [-0.4, -0.2) is 46.6 Å². The molecule has 1 heterocycles. The van der Waals surface area contributed by atoms with Crippen LogP contribution in [0.1, 0.15) is 107 Å². The fourth-order valence-electron chi connectivity index (χ4n) is 10.3. The number of hydrogen-bond acceptors (Lipinski definition) is 6. The summed E-state index contributed by atoms with van der Waals surface area (Å²) in [5.41, 5.74) is 0.516. The molecule has 0 amide bonds. The molecular formula is C32H48O6. The van der Waals surface area contributed by atoms with Crippen molar-refractivity contribution in [2.45, 2.75) is 131 Å². The molecule has 0 aromatic rings. The van der Waals surface area contributed by atoms with E-state index in [0.717, 1.165) is 30.4 Å². The molecule has 2 unspecified atom stereocenters. The van der Waals surface area contributed by atoms with E-state index in [1.54, 1.807) is 0 Å². The Balaban J connectivity index is 1.50. The Kier molecular flexibility index (Phi) is 6.26. The van der Waals surface area contributed by atoms with Gasteiger partial charge in [-0.3, -0.25) is 14.4 Å². The number of aliphatic hydroxyl groups is 1. The first-order valence-electron chi connectivity index (χ1n) is 14.7. The van der Waals surface area contributed by atoms with Crippen LogP contribution in [0.5, 0.6) is 0 Å². The number of rotatable bonds is 5. The zero-order chi connectivity index (χ0) is 28.2. The van der Waals surface area contributed by atoms with Crippen LogP contribution >= 0.6 is 0 Å². The van der Waals surface area contributed by atoms with E-state index in [2.05, 4.69) is 41.5 Å². The van der Waals surface area contributed by atoms with Crippen LogP contribution in [0.15, 0.2) is 11.1 Å². The highest BCUT2D eigenvalue weighted by Gasteiger charge is 2.70. The normalized spacial score (nSPS) is 44.6. The van der Waals surface area contributed by atoms with Gasteiger partial charge in [0.05, 0.1) is 11.7 Å². The van der Waals surface area contributed by atoms with E-state index in [9.17, 15) is 19.5 Å². The third-order valence-electron chi connectivity index (χ3n) is 12.3. The van der Waals surface area contributed by atoms with Gasteiger partial charge < -0.3 is 14.6 Å². The molecule has 6 heteroatoms. The molecule has 0 aromatic heterocycles. The number of aliphatic hydroxyl groups excluding tert-OH is 1. The predicted molar refractivity (Wildman–Crippen MR) is 144 cm³/mol. The molecule has 1 N–H and O–H groups in total. The summed E-state index contributed by atoms with van der Waals surface area (Å²) in [6.45, 7) is 18.6. The van der Waals surface area contributed by atoms with E-state index in [4.69, 9.17) is 9.47 Å². The molecule has 0 aromatic carbocycles. The standard InChI is InChI=1S/C32H48O6/c1-17(14-22(37-18(2)33)27-29(5,6)38-27)25-19-15-20(34)26-30(7)12-11-24(36)28(3,4)23(30)10-13-31(26,8)32(19,9)16-21(25)35/h17,20,22-23,26-27,34H,10-16H2,1-9H3/t17-,20+,22-,23?,26+,27?,30+,31+,32+/m1/s1. The highest BCUT2D eigenvalue weighted by molar-refractivity contribution is 6.00. The molecule has 38 heavy (non-hydrogen) atoms. The van der Waals surface area contributed by atoms with Gasteiger partial charge in [-0.05, 0) is 80.1 Å². The number of hydrogen-bond donors (Lipinski definition) is 1. The molecule has 6 nitrogen and oxygen atoms in total. The van der Waals surface area contributed by atoms with Gasteiger partial charge in [-0.15, -0.1) is 0 Å². The van der Waals surface area contributed by atoms with Crippen LogP contribution in [0.2, 0.25) is 0 Å². The Hall–Kier alpha value is -1.53. The monoisotopic (exact) mass is 528 g/mol. The molecule has 5 rings (SSSR count). The summed E-state index contributed by atoms with van der Waals surface area (Å²) in [6, 6.07) is 0. The average Bonchev–Trinajstić information content (AvgIpc) is 3.32. The van der Waals surface area contributed by atoms with Gasteiger partial charge >= 0.3 is 5.97 Å². The molecule has 4 fully saturated rings. The SMILES string of the molecule is CC(=O)O[C@H](C[C@@H](C)C1=C2C[C@H](O)[C@H]3[C@@]4(C)CCC(=O)C(C)(C)C4CC[C@]3(C)[C@@]2(C)CC1=O)C1OC1(C)C. The molecule has 0 bridgehead atoms. The molecule has 1 saturated heterocycles. The highest BCUT2D eigenvalue weighted by atomic mass is 16.6. The molecule has 5 aliphatic rings. The number of ether oxygens (including phenoxy) is 2. The van der Waals surface area contributed by atoms with E-state index >= 15 is 0 Å². The van der Waals surface area contributed by atoms with Crippen molar-refractivity contribution in [2.24, 2.45) is 39.4 Å². The Morgan fingerprint density at radius 1 is 1.11 bits per heavy atom. The summed E-state index contributed by atoms with van der Waals surface area (Å²) in [5.74, 6) is 0.350. The fourth-order valence-corrected chi connectivity index (χ4v) is 10.3. The van der Waals surface area contributed by atoms with Crippen molar-refractivity contribution in [3.63, 3.8) is 0 Å². The van der Waals surface area contributed by atoms with Crippen LogP contribution in [0.4, 0.5) is 0 Å². The number of ketones is 2. The fraction of sp³-hybridized carbons (Fsp3) is 0.844. The van der Waals surface area contributed by atoms with E-state index in [1.165, 1.54) is 6.92 Å². The molecule has 1 aliphatic heterocycles. The lowest BCUT2D eigenvalue weighted by Gasteiger charge is -2.68. The molecule has 0 radical (unpaired) electrons. The highest BCUT2D eigenvalue weighted by Crippen LogP contribution is 2.73. The van der Waals surface area contributed by atoms with Crippen LogP contribution in [0.3, 0.4) is 0 Å². The summed E-state index contributed by atoms with van der Waals surface area (Å²) in [6.07, 6.45) is 3.59. The third kappa shape index (κ3) is 3.75. The van der Waals surface area contributed by atoms with Gasteiger partial charge in [0.25, 0.3) is 0 Å². The third-order valence-corrected chi connectivity index (χ3v) is 12.3. The predicted octanol–water partition coefficient (Wildman–Crippen LogP) is 5.59. The maximum Gasteiger partial charge on any atom is 0.302 e. The van der Waals surface area contributed by atoms with Gasteiger partial charge in [0.2, 0.25) is 0 Å². The van der Waals surface area contributed by atoms with Gasteiger partial charge in [0.1, 0.15) is 18.0 Å². The number of carbonyl (C=O) groups is 3. The zero-order valence-corrected chi connectivity index (χ0v) is 24.9. The molecule has 0 spiro atoms. The summed E-state index contributed by atoms with van der Waals surface area (Å²) in [5, 5.41) is 11.9. The Morgan fingerprint density at radius 2 is 1.74 bits per heavy atom. The second-order valence-electron chi connectivity index (χ2n) is 15.2. The van der Waals surface area contributed by atoms with Crippen molar-refractivity contribution in [1.82, 2.24) is 0 Å². The first kappa shape index (κ1) is 28.0. The number of esters is 1. The van der Waals surface area contributed by atoms with E-state index in [-0.39, 0.29) is 62.9 Å². The van der Waals surface area contributed by atoms with Gasteiger partial charge in [-0.1, -0.05) is 47.1 Å². The average molecular weight is 529 g/mol. The molecular weight excluding hydrogens is 480 g/mol. The van der Waals surface area contributed by atoms with E-state index < -0.39 is 12.2 Å². The van der Waals surface area contributed by atoms with Crippen LogP contribution in [-0.2, 0) is 23.9 Å². The number of epoxide rings is 1. The van der Waals surface area contributed by atoms with Crippen molar-refractivity contribution in [1.29, 1.82) is 0 Å². The lowest BCUT2D eigenvalue weighted by atomic mass is 9.36. The zero-order valence-electron chi connectivity index (χ0n) is 24.9. The maximum atomic E-state index is 13.8. The number of fused-ring (bicyclic) bond motifs is 5. The summed E-state index contributed by atoms with van der Waals surface area (Å²) in [4.78, 5) is 38.6. The quantitative estimate of drug-likeness (QED) is 0.369. The molecule has 212 valence electrons. The minimum absolute atomic E-state index is 0.0341. The van der Waals surface area contributed by atoms with E-state index in [1.807, 2.05) is 13.8 Å². The van der Waals surface area contributed by atoms with Crippen molar-refractivity contribution in [3.05, 3.63) is 11.1 Å². The lowest BCUT2D eigenvalue weighted by molar-refractivity contribution is -0.208. The summed E-state index contributed by atoms with van der Waals surface area (Å²) < 4.78 is 11.5. The molecule has 4 aliphatic carbocycles. The minimum atomic E-state index is -0.553. The molecule has 3 saturated carbocycles. The lowest BCUT2D eigenvalue weighted by Crippen LogP contribution is -2.65. The Morgan fingerprint density at radius 3 is 2.32 bits per heavy atom. The van der Waals surface area contributed by atoms with Crippen LogP contribution in [0, 0.1) is 39.4 Å².